The standard InChI is InChI=1S/C5H8Br4/c1-3(7)5(9)4(8)2-6/h3-5H,2H2,1H3/t3-,4-,5+/m1/s1. The van der Waals surface area contributed by atoms with Crippen LogP contribution < -0.4 is 0 Å². The summed E-state index contributed by atoms with van der Waals surface area (Å²) >= 11 is 13.9. The summed E-state index contributed by atoms with van der Waals surface area (Å²) in [6, 6.07) is 0. The summed E-state index contributed by atoms with van der Waals surface area (Å²) in [5, 5.41) is 0.971. The van der Waals surface area contributed by atoms with Crippen molar-refractivity contribution < 1.29 is 0 Å². The molecule has 0 fully saturated rings. The Labute approximate surface area is 89.7 Å². The Bertz CT molecular complexity index is 73.4. The van der Waals surface area contributed by atoms with Crippen LogP contribution in [0.2, 0.25) is 0 Å². The maximum atomic E-state index is 3.54. The van der Waals surface area contributed by atoms with Crippen LogP contribution in [0, 0.1) is 0 Å². The zero-order valence-corrected chi connectivity index (χ0v) is 11.3. The van der Waals surface area contributed by atoms with Gasteiger partial charge in [-0.2, -0.15) is 0 Å². The molecular formula is C5H8Br4. The highest BCUT2D eigenvalue weighted by Gasteiger charge is 2.18. The topological polar surface area (TPSA) is 0 Å². The molecule has 0 aromatic heterocycles. The summed E-state index contributed by atoms with van der Waals surface area (Å²) in [7, 11) is 0. The summed E-state index contributed by atoms with van der Waals surface area (Å²) in [4.78, 5) is 1.48. The first-order valence-corrected chi connectivity index (χ1v) is 6.44. The largest absolute Gasteiger partial charge is 0.0916 e. The van der Waals surface area contributed by atoms with Crippen molar-refractivity contribution in [3.8, 4) is 0 Å². The minimum Gasteiger partial charge on any atom is -0.0916 e. The van der Waals surface area contributed by atoms with Gasteiger partial charge >= 0.3 is 0 Å². The highest BCUT2D eigenvalue weighted by Crippen LogP contribution is 2.23. The second-order valence-corrected chi connectivity index (χ2v) is 6.12. The van der Waals surface area contributed by atoms with Gasteiger partial charge in [0.2, 0.25) is 0 Å². The Kier molecular flexibility index (Phi) is 6.74. The van der Waals surface area contributed by atoms with Crippen molar-refractivity contribution in [1.29, 1.82) is 0 Å². The van der Waals surface area contributed by atoms with Gasteiger partial charge in [0.1, 0.15) is 0 Å². The van der Waals surface area contributed by atoms with Gasteiger partial charge in [-0.05, 0) is 0 Å². The summed E-state index contributed by atoms with van der Waals surface area (Å²) in [5.41, 5.74) is 0. The van der Waals surface area contributed by atoms with Crippen LogP contribution in [0.25, 0.3) is 0 Å². The number of hydrogen-bond acceptors (Lipinski definition) is 0. The second-order valence-electron chi connectivity index (χ2n) is 1.79. The quantitative estimate of drug-likeness (QED) is 0.648. The molecule has 0 saturated heterocycles. The van der Waals surface area contributed by atoms with Crippen molar-refractivity contribution in [3.05, 3.63) is 0 Å². The summed E-state index contributed by atoms with van der Waals surface area (Å²) in [6.07, 6.45) is 0. The molecule has 0 unspecified atom stereocenters. The van der Waals surface area contributed by atoms with E-state index in [1.165, 1.54) is 0 Å². The second kappa shape index (κ2) is 5.56. The molecule has 56 valence electrons. The van der Waals surface area contributed by atoms with Crippen LogP contribution in [-0.2, 0) is 0 Å². The average Bonchev–Trinajstić information content (AvgIpc) is 1.84. The molecule has 0 aliphatic rings. The van der Waals surface area contributed by atoms with Gasteiger partial charge < -0.3 is 0 Å². The van der Waals surface area contributed by atoms with Crippen LogP contribution in [0.5, 0.6) is 0 Å². The lowest BCUT2D eigenvalue weighted by atomic mass is 10.3. The van der Waals surface area contributed by atoms with E-state index >= 15 is 0 Å². The first-order valence-electron chi connectivity index (χ1n) is 2.57. The van der Waals surface area contributed by atoms with Gasteiger partial charge in [0.15, 0.2) is 0 Å². The fraction of sp³-hybridized carbons (Fsp3) is 1.00. The molecule has 0 N–H and O–H groups in total. The molecule has 3 atom stereocenters. The molecule has 0 aromatic rings. The van der Waals surface area contributed by atoms with Gasteiger partial charge in [-0.3, -0.25) is 0 Å². The fourth-order valence-corrected chi connectivity index (χ4v) is 2.70. The van der Waals surface area contributed by atoms with E-state index < -0.39 is 0 Å². The van der Waals surface area contributed by atoms with Gasteiger partial charge in [0.25, 0.3) is 0 Å². The monoisotopic (exact) mass is 384 g/mol. The Morgan fingerprint density at radius 1 is 1.22 bits per heavy atom. The highest BCUT2D eigenvalue weighted by molar-refractivity contribution is 9.14. The molecule has 9 heavy (non-hydrogen) atoms. The van der Waals surface area contributed by atoms with E-state index in [-0.39, 0.29) is 0 Å². The molecule has 0 aliphatic carbocycles. The molecule has 0 rings (SSSR count). The first-order chi connectivity index (χ1) is 4.09. The van der Waals surface area contributed by atoms with Crippen molar-refractivity contribution in [1.82, 2.24) is 0 Å². The maximum absolute atomic E-state index is 3.54. The lowest BCUT2D eigenvalue weighted by molar-refractivity contribution is 0.868. The smallest absolute Gasteiger partial charge is 0.0401 e. The molecule has 0 heterocycles. The molecule has 0 amide bonds. The van der Waals surface area contributed by atoms with E-state index in [0.29, 0.717) is 14.5 Å². The van der Waals surface area contributed by atoms with Crippen molar-refractivity contribution in [2.24, 2.45) is 0 Å². The Morgan fingerprint density at radius 3 is 1.78 bits per heavy atom. The number of rotatable bonds is 3. The maximum Gasteiger partial charge on any atom is 0.0401 e. The minimum absolute atomic E-state index is 0.483. The van der Waals surface area contributed by atoms with Crippen molar-refractivity contribution in [3.63, 3.8) is 0 Å². The zero-order chi connectivity index (χ0) is 7.44. The van der Waals surface area contributed by atoms with Crippen LogP contribution >= 0.6 is 63.7 Å². The molecule has 0 nitrogen and oxygen atoms in total. The van der Waals surface area contributed by atoms with Gasteiger partial charge in [0.05, 0.1) is 0 Å². The van der Waals surface area contributed by atoms with Crippen molar-refractivity contribution >= 4 is 63.7 Å². The SMILES string of the molecule is C[C@@H](Br)[C@H](Br)[C@H](Br)CBr. The highest BCUT2D eigenvalue weighted by atomic mass is 79.9. The van der Waals surface area contributed by atoms with E-state index in [1.54, 1.807) is 0 Å². The number of alkyl halides is 4. The number of hydrogen-bond donors (Lipinski definition) is 0. The van der Waals surface area contributed by atoms with Crippen LogP contribution in [-0.4, -0.2) is 19.8 Å². The summed E-state index contributed by atoms with van der Waals surface area (Å²) < 4.78 is 0. The van der Waals surface area contributed by atoms with E-state index in [2.05, 4.69) is 70.6 Å². The molecule has 0 saturated carbocycles. The molecule has 4 heteroatoms. The fourth-order valence-electron chi connectivity index (χ4n) is 0.373. The third-order valence-corrected chi connectivity index (χ3v) is 6.81. The molecule has 0 aliphatic heterocycles. The lowest BCUT2D eigenvalue weighted by Gasteiger charge is -2.15. The Morgan fingerprint density at radius 2 is 1.67 bits per heavy atom. The van der Waals surface area contributed by atoms with E-state index in [9.17, 15) is 0 Å². The predicted molar refractivity (Wildman–Crippen MR) is 57.6 cm³/mol. The Hall–Kier alpha value is 1.92. The normalized spacial score (nSPS) is 21.0. The zero-order valence-electron chi connectivity index (χ0n) is 4.95. The lowest BCUT2D eigenvalue weighted by Crippen LogP contribution is -2.22. The molecule has 0 bridgehead atoms. The van der Waals surface area contributed by atoms with Gasteiger partial charge in [0, 0.05) is 19.8 Å². The van der Waals surface area contributed by atoms with Gasteiger partial charge in [-0.1, -0.05) is 70.6 Å². The predicted octanol–water partition coefficient (Wildman–Crippen LogP) is 3.69. The molecule has 0 spiro atoms. The molecular weight excluding hydrogens is 380 g/mol. The third kappa shape index (κ3) is 4.38. The van der Waals surface area contributed by atoms with Crippen LogP contribution in [0.3, 0.4) is 0 Å². The first kappa shape index (κ1) is 10.9. The van der Waals surface area contributed by atoms with E-state index in [4.69, 9.17) is 0 Å². The summed E-state index contributed by atoms with van der Waals surface area (Å²) in [5.74, 6) is 0. The summed E-state index contributed by atoms with van der Waals surface area (Å²) in [6.45, 7) is 2.12. The van der Waals surface area contributed by atoms with E-state index in [0.717, 1.165) is 5.33 Å². The third-order valence-electron chi connectivity index (χ3n) is 0.932. The van der Waals surface area contributed by atoms with Crippen LogP contribution in [0.4, 0.5) is 0 Å². The minimum atomic E-state index is 0.483. The van der Waals surface area contributed by atoms with Crippen molar-refractivity contribution in [2.45, 2.75) is 21.4 Å². The molecule has 0 aromatic carbocycles. The number of halogens is 4. The Balaban J connectivity index is 3.58. The van der Waals surface area contributed by atoms with Crippen LogP contribution in [0.15, 0.2) is 0 Å². The van der Waals surface area contributed by atoms with Crippen molar-refractivity contribution in [2.75, 3.05) is 5.33 Å². The molecule has 0 radical (unpaired) electrons. The van der Waals surface area contributed by atoms with Gasteiger partial charge in [-0.15, -0.1) is 0 Å². The van der Waals surface area contributed by atoms with Crippen LogP contribution in [0.1, 0.15) is 6.92 Å². The van der Waals surface area contributed by atoms with E-state index in [1.807, 2.05) is 0 Å². The van der Waals surface area contributed by atoms with Gasteiger partial charge in [-0.25, -0.2) is 0 Å². The average molecular weight is 388 g/mol.